The minimum atomic E-state index is 0. The second-order valence-electron chi connectivity index (χ2n) is 4.11. The Bertz CT molecular complexity index is 262. The van der Waals surface area contributed by atoms with Gasteiger partial charge in [-0.1, -0.05) is 11.6 Å². The predicted octanol–water partition coefficient (Wildman–Crippen LogP) is 1.61. The molecule has 16 heavy (non-hydrogen) atoms. The molecular formula is C11H22IN3O. The minimum absolute atomic E-state index is 0. The van der Waals surface area contributed by atoms with Crippen LogP contribution in [0.15, 0.2) is 16.6 Å². The first-order chi connectivity index (χ1) is 7.09. The van der Waals surface area contributed by atoms with Crippen LogP contribution in [0.25, 0.3) is 0 Å². The van der Waals surface area contributed by atoms with E-state index in [1.807, 2.05) is 0 Å². The first kappa shape index (κ1) is 15.7. The summed E-state index contributed by atoms with van der Waals surface area (Å²) in [6, 6.07) is 0. The van der Waals surface area contributed by atoms with Crippen LogP contribution < -0.4 is 5.73 Å². The van der Waals surface area contributed by atoms with E-state index >= 15 is 0 Å². The molecule has 4 nitrogen and oxygen atoms in total. The number of nitrogens with zero attached hydrogens (tertiary/aromatic N) is 2. The first-order valence-corrected chi connectivity index (χ1v) is 5.39. The summed E-state index contributed by atoms with van der Waals surface area (Å²) in [5.74, 6) is 0.627. The lowest BCUT2D eigenvalue weighted by Crippen LogP contribution is -2.47. The molecule has 1 saturated heterocycles. The number of nitrogens with two attached hydrogens (primary N) is 1. The van der Waals surface area contributed by atoms with Crippen molar-refractivity contribution in [2.24, 2.45) is 10.7 Å². The van der Waals surface area contributed by atoms with Crippen molar-refractivity contribution in [3.8, 4) is 0 Å². The summed E-state index contributed by atoms with van der Waals surface area (Å²) in [6.07, 6.45) is 2.31. The van der Waals surface area contributed by atoms with Gasteiger partial charge < -0.3 is 15.4 Å². The van der Waals surface area contributed by atoms with Gasteiger partial charge in [-0.05, 0) is 20.8 Å². The van der Waals surface area contributed by atoms with Gasteiger partial charge in [0, 0.05) is 13.1 Å². The molecule has 5 heteroatoms. The Morgan fingerprint density at radius 3 is 2.81 bits per heavy atom. The maximum atomic E-state index is 5.89. The molecule has 1 atom stereocenters. The third kappa shape index (κ3) is 5.69. The van der Waals surface area contributed by atoms with Gasteiger partial charge in [0.05, 0.1) is 19.3 Å². The zero-order chi connectivity index (χ0) is 11.3. The Kier molecular flexibility index (Phi) is 7.74. The number of morpholine rings is 1. The Morgan fingerprint density at radius 2 is 2.25 bits per heavy atom. The number of ether oxygens (including phenoxy) is 1. The molecule has 1 unspecified atom stereocenters. The van der Waals surface area contributed by atoms with Gasteiger partial charge in [-0.25, -0.2) is 4.99 Å². The van der Waals surface area contributed by atoms with E-state index in [1.165, 1.54) is 5.57 Å². The maximum absolute atomic E-state index is 5.89. The Morgan fingerprint density at radius 1 is 1.56 bits per heavy atom. The molecule has 0 aromatic heterocycles. The average molecular weight is 339 g/mol. The van der Waals surface area contributed by atoms with E-state index in [4.69, 9.17) is 10.5 Å². The molecule has 94 valence electrons. The van der Waals surface area contributed by atoms with Crippen LogP contribution in [0.5, 0.6) is 0 Å². The van der Waals surface area contributed by atoms with Crippen LogP contribution in [0.1, 0.15) is 20.8 Å². The van der Waals surface area contributed by atoms with Crippen LogP contribution in [0.3, 0.4) is 0 Å². The maximum Gasteiger partial charge on any atom is 0.191 e. The second-order valence-corrected chi connectivity index (χ2v) is 4.11. The van der Waals surface area contributed by atoms with Crippen LogP contribution in [0.2, 0.25) is 0 Å². The first-order valence-electron chi connectivity index (χ1n) is 5.39. The van der Waals surface area contributed by atoms with E-state index in [1.54, 1.807) is 0 Å². The lowest BCUT2D eigenvalue weighted by Gasteiger charge is -2.31. The van der Waals surface area contributed by atoms with Gasteiger partial charge in [0.2, 0.25) is 0 Å². The van der Waals surface area contributed by atoms with Crippen molar-refractivity contribution in [2.45, 2.75) is 26.9 Å². The van der Waals surface area contributed by atoms with Gasteiger partial charge in [-0.15, -0.1) is 24.0 Å². The molecule has 1 heterocycles. The molecule has 1 aliphatic rings. The lowest BCUT2D eigenvalue weighted by molar-refractivity contribution is 0.00532. The Balaban J connectivity index is 0.00000225. The average Bonchev–Trinajstić information content (AvgIpc) is 2.17. The highest BCUT2D eigenvalue weighted by molar-refractivity contribution is 14.0. The molecule has 0 aliphatic carbocycles. The molecule has 0 aromatic carbocycles. The summed E-state index contributed by atoms with van der Waals surface area (Å²) in [6.45, 7) is 9.25. The smallest absolute Gasteiger partial charge is 0.191 e. The molecule has 0 radical (unpaired) electrons. The minimum Gasteiger partial charge on any atom is -0.375 e. The van der Waals surface area contributed by atoms with Crippen molar-refractivity contribution in [3.63, 3.8) is 0 Å². The number of aliphatic imine (C=N–C) groups is 1. The SMILES string of the molecule is CC(C)=CCN=C(N)N1CCOC(C)C1.I. The number of guanidine groups is 1. The summed E-state index contributed by atoms with van der Waals surface area (Å²) in [5, 5.41) is 0. The van der Waals surface area contributed by atoms with Gasteiger partial charge in [0.25, 0.3) is 0 Å². The molecule has 0 bridgehead atoms. The molecule has 1 rings (SSSR count). The van der Waals surface area contributed by atoms with Crippen LogP contribution in [0.4, 0.5) is 0 Å². The van der Waals surface area contributed by atoms with E-state index in [9.17, 15) is 0 Å². The van der Waals surface area contributed by atoms with E-state index in [0.29, 0.717) is 12.5 Å². The van der Waals surface area contributed by atoms with E-state index in [-0.39, 0.29) is 30.1 Å². The Hall–Kier alpha value is -0.300. The van der Waals surface area contributed by atoms with E-state index in [0.717, 1.165) is 19.7 Å². The monoisotopic (exact) mass is 339 g/mol. The third-order valence-corrected chi connectivity index (χ3v) is 2.32. The molecular weight excluding hydrogens is 317 g/mol. The largest absolute Gasteiger partial charge is 0.375 e. The summed E-state index contributed by atoms with van der Waals surface area (Å²) in [5.41, 5.74) is 7.15. The summed E-state index contributed by atoms with van der Waals surface area (Å²) >= 11 is 0. The number of hydrogen-bond donors (Lipinski definition) is 1. The summed E-state index contributed by atoms with van der Waals surface area (Å²) in [7, 11) is 0. The molecule has 1 fully saturated rings. The van der Waals surface area contributed by atoms with Gasteiger partial charge in [0.1, 0.15) is 0 Å². The topological polar surface area (TPSA) is 50.8 Å². The predicted molar refractivity (Wildman–Crippen MR) is 78.3 cm³/mol. The normalized spacial score (nSPS) is 21.3. The quantitative estimate of drug-likeness (QED) is 0.360. The van der Waals surface area contributed by atoms with Crippen molar-refractivity contribution < 1.29 is 4.74 Å². The fourth-order valence-electron chi connectivity index (χ4n) is 1.45. The standard InChI is InChI=1S/C11H21N3O.HI/c1-9(2)4-5-13-11(12)14-6-7-15-10(3)8-14;/h4,10H,5-8H2,1-3H3,(H2,12,13);1H. The van der Waals surface area contributed by atoms with Crippen molar-refractivity contribution in [1.29, 1.82) is 0 Å². The van der Waals surface area contributed by atoms with Crippen molar-refractivity contribution in [1.82, 2.24) is 4.90 Å². The van der Waals surface area contributed by atoms with Crippen LogP contribution >= 0.6 is 24.0 Å². The van der Waals surface area contributed by atoms with Gasteiger partial charge in [-0.3, -0.25) is 0 Å². The van der Waals surface area contributed by atoms with Crippen LogP contribution in [-0.2, 0) is 4.74 Å². The summed E-state index contributed by atoms with van der Waals surface area (Å²) < 4.78 is 5.44. The second kappa shape index (κ2) is 7.89. The molecule has 2 N–H and O–H groups in total. The number of halogens is 1. The Labute approximate surface area is 115 Å². The zero-order valence-electron chi connectivity index (χ0n) is 10.3. The van der Waals surface area contributed by atoms with Gasteiger partial charge in [0.15, 0.2) is 5.96 Å². The molecule has 0 aromatic rings. The fraction of sp³-hybridized carbons (Fsp3) is 0.727. The lowest BCUT2D eigenvalue weighted by atomic mass is 10.3. The van der Waals surface area contributed by atoms with E-state index < -0.39 is 0 Å². The van der Waals surface area contributed by atoms with Crippen LogP contribution in [-0.4, -0.2) is 43.2 Å². The molecule has 0 saturated carbocycles. The number of allylic oxidation sites excluding steroid dienone is 1. The van der Waals surface area contributed by atoms with E-state index in [2.05, 4.69) is 36.7 Å². The number of hydrogen-bond acceptors (Lipinski definition) is 2. The molecule has 0 spiro atoms. The van der Waals surface area contributed by atoms with Crippen molar-refractivity contribution >= 4 is 29.9 Å². The van der Waals surface area contributed by atoms with Gasteiger partial charge >= 0.3 is 0 Å². The molecule has 0 amide bonds. The summed E-state index contributed by atoms with van der Waals surface area (Å²) in [4.78, 5) is 6.39. The zero-order valence-corrected chi connectivity index (χ0v) is 12.6. The van der Waals surface area contributed by atoms with Crippen LogP contribution in [0, 0.1) is 0 Å². The molecule has 1 aliphatic heterocycles. The number of rotatable bonds is 2. The highest BCUT2D eigenvalue weighted by Crippen LogP contribution is 2.03. The highest BCUT2D eigenvalue weighted by Gasteiger charge is 2.17. The fourth-order valence-corrected chi connectivity index (χ4v) is 1.45. The van der Waals surface area contributed by atoms with Gasteiger partial charge in [-0.2, -0.15) is 0 Å². The van der Waals surface area contributed by atoms with Crippen molar-refractivity contribution in [3.05, 3.63) is 11.6 Å². The van der Waals surface area contributed by atoms with Crippen molar-refractivity contribution in [2.75, 3.05) is 26.2 Å². The highest BCUT2D eigenvalue weighted by atomic mass is 127. The third-order valence-electron chi connectivity index (χ3n) is 2.32.